The van der Waals surface area contributed by atoms with E-state index in [1.54, 1.807) is 30.3 Å². The van der Waals surface area contributed by atoms with Crippen LogP contribution in [0.1, 0.15) is 11.3 Å². The van der Waals surface area contributed by atoms with Crippen LogP contribution in [0.3, 0.4) is 0 Å². The molecule has 0 spiro atoms. The first-order valence-electron chi connectivity index (χ1n) is 4.41. The first kappa shape index (κ1) is 9.28. The van der Waals surface area contributed by atoms with Crippen LogP contribution in [0.25, 0.3) is 0 Å². The highest BCUT2D eigenvalue weighted by atomic mass is 16.5. The van der Waals surface area contributed by atoms with Crippen molar-refractivity contribution in [3.8, 4) is 11.8 Å². The van der Waals surface area contributed by atoms with E-state index in [0.717, 1.165) is 5.69 Å². The lowest BCUT2D eigenvalue weighted by atomic mass is 10.2. The molecule has 1 aromatic heterocycles. The average Bonchev–Trinajstić information content (AvgIpc) is 2.80. The Morgan fingerprint density at radius 1 is 1.27 bits per heavy atom. The monoisotopic (exact) mass is 200 g/mol. The summed E-state index contributed by atoms with van der Waals surface area (Å²) in [6.45, 7) is 0.363. The molecule has 74 valence electrons. The topological polar surface area (TPSA) is 59.0 Å². The Labute approximate surface area is 86.7 Å². The standard InChI is InChI=1S/C11H8N2O2/c12-7-9-1-3-11(4-2-9)14-8-10-5-6-15-13-10/h1-6H,8H2. The van der Waals surface area contributed by atoms with Gasteiger partial charge in [-0.15, -0.1) is 0 Å². The van der Waals surface area contributed by atoms with Crippen molar-refractivity contribution in [2.75, 3.05) is 0 Å². The Morgan fingerprint density at radius 3 is 2.67 bits per heavy atom. The molecule has 0 unspecified atom stereocenters. The lowest BCUT2D eigenvalue weighted by molar-refractivity contribution is 0.289. The summed E-state index contributed by atoms with van der Waals surface area (Å²) in [7, 11) is 0. The van der Waals surface area contributed by atoms with Gasteiger partial charge in [0.2, 0.25) is 0 Å². The number of ether oxygens (including phenoxy) is 1. The maximum atomic E-state index is 8.60. The van der Waals surface area contributed by atoms with E-state index in [9.17, 15) is 0 Å². The number of rotatable bonds is 3. The van der Waals surface area contributed by atoms with Gasteiger partial charge in [-0.05, 0) is 24.3 Å². The van der Waals surface area contributed by atoms with E-state index in [1.165, 1.54) is 6.26 Å². The zero-order valence-corrected chi connectivity index (χ0v) is 7.88. The van der Waals surface area contributed by atoms with Crippen LogP contribution in [-0.4, -0.2) is 5.16 Å². The van der Waals surface area contributed by atoms with E-state index in [4.69, 9.17) is 10.00 Å². The molecule has 4 heteroatoms. The minimum Gasteiger partial charge on any atom is -0.487 e. The van der Waals surface area contributed by atoms with E-state index in [-0.39, 0.29) is 0 Å². The van der Waals surface area contributed by atoms with Crippen LogP contribution in [0.5, 0.6) is 5.75 Å². The second kappa shape index (κ2) is 4.29. The number of aromatic nitrogens is 1. The first-order valence-corrected chi connectivity index (χ1v) is 4.41. The van der Waals surface area contributed by atoms with Crippen LogP contribution in [0.2, 0.25) is 0 Å². The summed E-state index contributed by atoms with van der Waals surface area (Å²) in [5, 5.41) is 12.3. The van der Waals surface area contributed by atoms with Crippen molar-refractivity contribution in [3.63, 3.8) is 0 Å². The summed E-state index contributed by atoms with van der Waals surface area (Å²) in [4.78, 5) is 0. The summed E-state index contributed by atoms with van der Waals surface area (Å²) >= 11 is 0. The van der Waals surface area contributed by atoms with Gasteiger partial charge >= 0.3 is 0 Å². The molecular weight excluding hydrogens is 192 g/mol. The number of benzene rings is 1. The number of nitrogens with zero attached hydrogens (tertiary/aromatic N) is 2. The number of hydrogen-bond acceptors (Lipinski definition) is 4. The summed E-state index contributed by atoms with van der Waals surface area (Å²) in [6.07, 6.45) is 1.50. The largest absolute Gasteiger partial charge is 0.487 e. The van der Waals surface area contributed by atoms with E-state index in [0.29, 0.717) is 17.9 Å². The fourth-order valence-corrected chi connectivity index (χ4v) is 1.09. The molecule has 0 radical (unpaired) electrons. The molecule has 1 heterocycles. The third-order valence-electron chi connectivity index (χ3n) is 1.86. The van der Waals surface area contributed by atoms with Crippen LogP contribution in [0.15, 0.2) is 41.1 Å². The number of hydrogen-bond donors (Lipinski definition) is 0. The van der Waals surface area contributed by atoms with Crippen molar-refractivity contribution in [1.29, 1.82) is 5.26 Å². The quantitative estimate of drug-likeness (QED) is 0.761. The zero-order valence-electron chi connectivity index (χ0n) is 7.88. The normalized spacial score (nSPS) is 9.53. The molecule has 0 aliphatic heterocycles. The molecule has 15 heavy (non-hydrogen) atoms. The van der Waals surface area contributed by atoms with Crippen molar-refractivity contribution in [3.05, 3.63) is 47.9 Å². The highest BCUT2D eigenvalue weighted by molar-refractivity contribution is 5.34. The van der Waals surface area contributed by atoms with Gasteiger partial charge in [0, 0.05) is 6.07 Å². The van der Waals surface area contributed by atoms with Crippen LogP contribution in [0.4, 0.5) is 0 Å². The Hall–Kier alpha value is -2.28. The predicted octanol–water partition coefficient (Wildman–Crippen LogP) is 2.13. The van der Waals surface area contributed by atoms with Crippen LogP contribution in [-0.2, 0) is 6.61 Å². The van der Waals surface area contributed by atoms with E-state index in [1.807, 2.05) is 6.07 Å². The smallest absolute Gasteiger partial charge is 0.134 e. The predicted molar refractivity (Wildman–Crippen MR) is 52.0 cm³/mol. The highest BCUT2D eigenvalue weighted by Crippen LogP contribution is 2.13. The highest BCUT2D eigenvalue weighted by Gasteiger charge is 1.98. The third kappa shape index (κ3) is 2.35. The third-order valence-corrected chi connectivity index (χ3v) is 1.86. The van der Waals surface area contributed by atoms with Crippen molar-refractivity contribution in [1.82, 2.24) is 5.16 Å². The van der Waals surface area contributed by atoms with E-state index < -0.39 is 0 Å². The molecule has 2 rings (SSSR count). The Balaban J connectivity index is 1.97. The lowest BCUT2D eigenvalue weighted by Gasteiger charge is -2.02. The summed E-state index contributed by atoms with van der Waals surface area (Å²) in [6, 6.07) is 10.7. The van der Waals surface area contributed by atoms with Crippen molar-refractivity contribution >= 4 is 0 Å². The Bertz CT molecular complexity index is 454. The molecule has 0 aliphatic carbocycles. The van der Waals surface area contributed by atoms with E-state index >= 15 is 0 Å². The minimum atomic E-state index is 0.363. The summed E-state index contributed by atoms with van der Waals surface area (Å²) in [5.41, 5.74) is 1.35. The SMILES string of the molecule is N#Cc1ccc(OCc2ccon2)cc1. The Kier molecular flexibility index (Phi) is 2.65. The van der Waals surface area contributed by atoms with Gasteiger partial charge in [-0.2, -0.15) is 5.26 Å². The molecule has 0 bridgehead atoms. The molecular formula is C11H8N2O2. The second-order valence-corrected chi connectivity index (χ2v) is 2.92. The zero-order chi connectivity index (χ0) is 10.5. The van der Waals surface area contributed by atoms with Crippen molar-refractivity contribution < 1.29 is 9.26 Å². The molecule has 0 aliphatic rings. The van der Waals surface area contributed by atoms with Crippen LogP contribution < -0.4 is 4.74 Å². The maximum absolute atomic E-state index is 8.60. The lowest BCUT2D eigenvalue weighted by Crippen LogP contribution is -1.95. The van der Waals surface area contributed by atoms with E-state index in [2.05, 4.69) is 9.68 Å². The van der Waals surface area contributed by atoms with Gasteiger partial charge in [0.1, 0.15) is 24.3 Å². The van der Waals surface area contributed by atoms with Gasteiger partial charge in [-0.25, -0.2) is 0 Å². The molecule has 2 aromatic rings. The van der Waals surface area contributed by atoms with Crippen LogP contribution in [0, 0.1) is 11.3 Å². The second-order valence-electron chi connectivity index (χ2n) is 2.92. The number of nitriles is 1. The molecule has 0 amide bonds. The van der Waals surface area contributed by atoms with Crippen molar-refractivity contribution in [2.45, 2.75) is 6.61 Å². The fourth-order valence-electron chi connectivity index (χ4n) is 1.09. The average molecular weight is 200 g/mol. The van der Waals surface area contributed by atoms with Gasteiger partial charge < -0.3 is 9.26 Å². The van der Waals surface area contributed by atoms with Gasteiger partial charge in [0.15, 0.2) is 0 Å². The fraction of sp³-hybridized carbons (Fsp3) is 0.0909. The first-order chi connectivity index (χ1) is 7.38. The molecule has 0 saturated carbocycles. The molecule has 0 N–H and O–H groups in total. The summed E-state index contributed by atoms with van der Waals surface area (Å²) < 4.78 is 10.1. The minimum absolute atomic E-state index is 0.363. The van der Waals surface area contributed by atoms with Gasteiger partial charge in [0.05, 0.1) is 11.6 Å². The molecule has 0 fully saturated rings. The van der Waals surface area contributed by atoms with Crippen molar-refractivity contribution in [2.24, 2.45) is 0 Å². The summed E-state index contributed by atoms with van der Waals surface area (Å²) in [5.74, 6) is 0.706. The molecule has 0 atom stereocenters. The maximum Gasteiger partial charge on any atom is 0.134 e. The van der Waals surface area contributed by atoms with Gasteiger partial charge in [0.25, 0.3) is 0 Å². The van der Waals surface area contributed by atoms with Crippen LogP contribution >= 0.6 is 0 Å². The Morgan fingerprint density at radius 2 is 2.07 bits per heavy atom. The molecule has 4 nitrogen and oxygen atoms in total. The molecule has 1 aromatic carbocycles. The van der Waals surface area contributed by atoms with Gasteiger partial charge in [-0.1, -0.05) is 5.16 Å². The molecule has 0 saturated heterocycles. The van der Waals surface area contributed by atoms with Gasteiger partial charge in [-0.3, -0.25) is 0 Å².